The molecule has 72 valence electrons. The van der Waals surface area contributed by atoms with Crippen LogP contribution in [0.25, 0.3) is 0 Å². The molecule has 0 fully saturated rings. The van der Waals surface area contributed by atoms with Gasteiger partial charge in [-0.15, -0.1) is 0 Å². The molecule has 0 heterocycles. The van der Waals surface area contributed by atoms with Crippen LogP contribution in [0.5, 0.6) is 0 Å². The number of hydrogen-bond donors (Lipinski definition) is 2. The van der Waals surface area contributed by atoms with Crippen molar-refractivity contribution in [1.29, 1.82) is 0 Å². The SMILES string of the molecule is CC.N[C@H]1c2ccccc2C[C@@H]1O. The monoisotopic (exact) mass is 179 g/mol. The van der Waals surface area contributed by atoms with Crippen LogP contribution in [0.15, 0.2) is 24.3 Å². The average molecular weight is 179 g/mol. The van der Waals surface area contributed by atoms with Crippen LogP contribution in [0.2, 0.25) is 0 Å². The first-order valence-electron chi connectivity index (χ1n) is 4.80. The summed E-state index contributed by atoms with van der Waals surface area (Å²) in [6, 6.07) is 7.76. The number of hydrogen-bond acceptors (Lipinski definition) is 2. The summed E-state index contributed by atoms with van der Waals surface area (Å²) in [7, 11) is 0. The minimum Gasteiger partial charge on any atom is -0.391 e. The molecule has 1 aliphatic rings. The van der Waals surface area contributed by atoms with E-state index in [2.05, 4.69) is 0 Å². The summed E-state index contributed by atoms with van der Waals surface area (Å²) in [5, 5.41) is 9.39. The number of aliphatic hydroxyl groups is 1. The summed E-state index contributed by atoms with van der Waals surface area (Å²) in [4.78, 5) is 0. The molecule has 0 amide bonds. The molecule has 0 bridgehead atoms. The van der Waals surface area contributed by atoms with Crippen LogP contribution >= 0.6 is 0 Å². The van der Waals surface area contributed by atoms with Gasteiger partial charge in [-0.25, -0.2) is 0 Å². The van der Waals surface area contributed by atoms with Gasteiger partial charge < -0.3 is 10.8 Å². The fraction of sp³-hybridized carbons (Fsp3) is 0.455. The number of benzene rings is 1. The van der Waals surface area contributed by atoms with Crippen molar-refractivity contribution in [1.82, 2.24) is 0 Å². The van der Waals surface area contributed by atoms with Crippen LogP contribution in [-0.4, -0.2) is 11.2 Å². The molecule has 2 rings (SSSR count). The highest BCUT2D eigenvalue weighted by molar-refractivity contribution is 5.35. The molecule has 0 spiro atoms. The lowest BCUT2D eigenvalue weighted by molar-refractivity contribution is 0.158. The van der Waals surface area contributed by atoms with E-state index in [1.54, 1.807) is 0 Å². The predicted molar refractivity (Wildman–Crippen MR) is 54.4 cm³/mol. The first-order chi connectivity index (χ1) is 6.29. The lowest BCUT2D eigenvalue weighted by atomic mass is 10.1. The molecule has 1 aliphatic carbocycles. The van der Waals surface area contributed by atoms with Gasteiger partial charge in [0.05, 0.1) is 12.1 Å². The zero-order chi connectivity index (χ0) is 9.84. The van der Waals surface area contributed by atoms with Crippen LogP contribution in [0.1, 0.15) is 31.0 Å². The molecule has 0 aliphatic heterocycles. The zero-order valence-corrected chi connectivity index (χ0v) is 8.20. The minimum atomic E-state index is -0.382. The molecule has 0 saturated heterocycles. The number of rotatable bonds is 0. The second-order valence-corrected chi connectivity index (χ2v) is 3.00. The predicted octanol–water partition coefficient (Wildman–Crippen LogP) is 1.63. The van der Waals surface area contributed by atoms with E-state index in [-0.39, 0.29) is 12.1 Å². The largest absolute Gasteiger partial charge is 0.391 e. The van der Waals surface area contributed by atoms with E-state index in [0.29, 0.717) is 6.42 Å². The maximum atomic E-state index is 9.39. The Balaban J connectivity index is 0.000000396. The van der Waals surface area contributed by atoms with Crippen molar-refractivity contribution in [2.24, 2.45) is 5.73 Å². The van der Waals surface area contributed by atoms with Crippen molar-refractivity contribution in [2.45, 2.75) is 32.4 Å². The molecule has 0 saturated carbocycles. The fourth-order valence-electron chi connectivity index (χ4n) is 1.60. The van der Waals surface area contributed by atoms with Crippen LogP contribution < -0.4 is 5.73 Å². The topological polar surface area (TPSA) is 46.2 Å². The van der Waals surface area contributed by atoms with Gasteiger partial charge in [0.15, 0.2) is 0 Å². The summed E-state index contributed by atoms with van der Waals surface area (Å²) in [6.45, 7) is 4.00. The summed E-state index contributed by atoms with van der Waals surface area (Å²) >= 11 is 0. The summed E-state index contributed by atoms with van der Waals surface area (Å²) in [5.41, 5.74) is 8.02. The van der Waals surface area contributed by atoms with Crippen molar-refractivity contribution >= 4 is 0 Å². The minimum absolute atomic E-state index is 0.175. The van der Waals surface area contributed by atoms with Gasteiger partial charge >= 0.3 is 0 Å². The second-order valence-electron chi connectivity index (χ2n) is 3.00. The highest BCUT2D eigenvalue weighted by Gasteiger charge is 2.26. The number of fused-ring (bicyclic) bond motifs is 1. The molecular weight excluding hydrogens is 162 g/mol. The molecule has 0 unspecified atom stereocenters. The molecule has 3 N–H and O–H groups in total. The smallest absolute Gasteiger partial charge is 0.0773 e. The van der Waals surface area contributed by atoms with Crippen molar-refractivity contribution in [2.75, 3.05) is 0 Å². The van der Waals surface area contributed by atoms with Crippen LogP contribution in [-0.2, 0) is 6.42 Å². The third-order valence-corrected chi connectivity index (χ3v) is 2.26. The Hall–Kier alpha value is -0.860. The molecule has 0 radical (unpaired) electrons. The van der Waals surface area contributed by atoms with Gasteiger partial charge in [0.1, 0.15) is 0 Å². The van der Waals surface area contributed by atoms with Crippen molar-refractivity contribution < 1.29 is 5.11 Å². The molecule has 1 aromatic rings. The first-order valence-corrected chi connectivity index (χ1v) is 4.80. The quantitative estimate of drug-likeness (QED) is 0.636. The molecular formula is C11H17NO. The molecule has 2 nitrogen and oxygen atoms in total. The lowest BCUT2D eigenvalue weighted by Gasteiger charge is -2.07. The van der Waals surface area contributed by atoms with Gasteiger partial charge in [0.2, 0.25) is 0 Å². The Morgan fingerprint density at radius 2 is 1.92 bits per heavy atom. The Kier molecular flexibility index (Phi) is 3.46. The standard InChI is InChI=1S/C9H11NO.C2H6/c10-9-7-4-2-1-3-6(7)5-8(9)11;1-2/h1-4,8-9,11H,5,10H2;1-2H3/t8-,9-;/m0./s1. The van der Waals surface area contributed by atoms with Crippen LogP contribution in [0.4, 0.5) is 0 Å². The third kappa shape index (κ3) is 1.90. The van der Waals surface area contributed by atoms with Crippen molar-refractivity contribution in [3.05, 3.63) is 35.4 Å². The van der Waals surface area contributed by atoms with E-state index >= 15 is 0 Å². The Morgan fingerprint density at radius 1 is 1.31 bits per heavy atom. The fourth-order valence-corrected chi connectivity index (χ4v) is 1.60. The number of aliphatic hydroxyl groups excluding tert-OH is 1. The van der Waals surface area contributed by atoms with Crippen molar-refractivity contribution in [3.8, 4) is 0 Å². The molecule has 2 atom stereocenters. The Labute approximate surface area is 79.4 Å². The summed E-state index contributed by atoms with van der Waals surface area (Å²) < 4.78 is 0. The van der Waals surface area contributed by atoms with Gasteiger partial charge in [0.25, 0.3) is 0 Å². The van der Waals surface area contributed by atoms with Crippen LogP contribution in [0.3, 0.4) is 0 Å². The molecule has 2 heteroatoms. The Bertz CT molecular complexity index is 273. The first kappa shape index (κ1) is 10.2. The molecule has 13 heavy (non-hydrogen) atoms. The van der Waals surface area contributed by atoms with E-state index in [4.69, 9.17) is 5.73 Å². The lowest BCUT2D eigenvalue weighted by Crippen LogP contribution is -2.21. The van der Waals surface area contributed by atoms with E-state index in [1.165, 1.54) is 5.56 Å². The Morgan fingerprint density at radius 3 is 2.54 bits per heavy atom. The normalized spacial score (nSPS) is 24.6. The highest BCUT2D eigenvalue weighted by Crippen LogP contribution is 2.28. The van der Waals surface area contributed by atoms with E-state index < -0.39 is 0 Å². The van der Waals surface area contributed by atoms with Crippen LogP contribution in [0, 0.1) is 0 Å². The molecule has 0 aromatic heterocycles. The van der Waals surface area contributed by atoms with E-state index in [0.717, 1.165) is 5.56 Å². The summed E-state index contributed by atoms with van der Waals surface area (Å²) in [5.74, 6) is 0. The second kappa shape index (κ2) is 4.40. The highest BCUT2D eigenvalue weighted by atomic mass is 16.3. The maximum Gasteiger partial charge on any atom is 0.0773 e. The van der Waals surface area contributed by atoms with E-state index in [1.807, 2.05) is 38.1 Å². The van der Waals surface area contributed by atoms with Gasteiger partial charge in [-0.05, 0) is 11.1 Å². The van der Waals surface area contributed by atoms with Gasteiger partial charge in [0, 0.05) is 6.42 Å². The third-order valence-electron chi connectivity index (χ3n) is 2.26. The molecule has 1 aromatic carbocycles. The van der Waals surface area contributed by atoms with Gasteiger partial charge in [-0.1, -0.05) is 38.1 Å². The van der Waals surface area contributed by atoms with E-state index in [9.17, 15) is 5.11 Å². The van der Waals surface area contributed by atoms with Gasteiger partial charge in [-0.2, -0.15) is 0 Å². The zero-order valence-electron chi connectivity index (χ0n) is 8.20. The van der Waals surface area contributed by atoms with Crippen molar-refractivity contribution in [3.63, 3.8) is 0 Å². The maximum absolute atomic E-state index is 9.39. The summed E-state index contributed by atoms with van der Waals surface area (Å²) in [6.07, 6.45) is 0.324. The number of nitrogens with two attached hydrogens (primary N) is 1. The average Bonchev–Trinajstić information content (AvgIpc) is 2.47. The van der Waals surface area contributed by atoms with Gasteiger partial charge in [-0.3, -0.25) is 0 Å².